The molecule has 2 amide bonds. The smallest absolute Gasteiger partial charge is 0.407 e. The van der Waals surface area contributed by atoms with E-state index >= 15 is 0 Å². The van der Waals surface area contributed by atoms with E-state index in [1.54, 1.807) is 13.8 Å². The van der Waals surface area contributed by atoms with Crippen LogP contribution < -0.4 is 5.32 Å². The van der Waals surface area contributed by atoms with Gasteiger partial charge in [0.05, 0.1) is 6.61 Å². The summed E-state index contributed by atoms with van der Waals surface area (Å²) in [6.07, 6.45) is -0.736. The van der Waals surface area contributed by atoms with E-state index in [4.69, 9.17) is 19.4 Å². The molecular formula is C25H28N2O8. The fourth-order valence-electron chi connectivity index (χ4n) is 4.34. The van der Waals surface area contributed by atoms with Gasteiger partial charge >= 0.3 is 12.1 Å². The van der Waals surface area contributed by atoms with Gasteiger partial charge in [0, 0.05) is 12.8 Å². The molecule has 2 aromatic rings. The van der Waals surface area contributed by atoms with Crippen molar-refractivity contribution >= 4 is 23.9 Å². The third-order valence-electron chi connectivity index (χ3n) is 5.77. The second-order valence-electron chi connectivity index (χ2n) is 8.57. The van der Waals surface area contributed by atoms with Crippen molar-refractivity contribution in [3.8, 4) is 11.1 Å². The minimum Gasteiger partial charge on any atom is -0.481 e. The van der Waals surface area contributed by atoms with Crippen molar-refractivity contribution in [3.63, 3.8) is 0 Å². The first-order valence-electron chi connectivity index (χ1n) is 11.0. The normalized spacial score (nSPS) is 17.5. The topological polar surface area (TPSA) is 142 Å². The molecule has 1 heterocycles. The van der Waals surface area contributed by atoms with Crippen molar-refractivity contribution in [2.45, 2.75) is 38.5 Å². The molecule has 1 aliphatic heterocycles. The standard InChI is InChI=1S/C23H24N2O6.C2H4O2/c1-23(2)25(19(13-31-23)21(27)28)20(26)11-24-22(29)30-12-18-16-9-5-3-7-14(16)15-8-4-6-10-17(15)18;1-2(3)4/h3-10,18-19H,11-13H2,1-2H3,(H,24,29)(H,27,28);1H3,(H,3,4)/t19-;/m0./s1. The average Bonchev–Trinajstić information content (AvgIpc) is 3.29. The molecule has 35 heavy (non-hydrogen) atoms. The number of benzene rings is 2. The third-order valence-corrected chi connectivity index (χ3v) is 5.77. The number of carboxylic acid groups (broad SMARTS) is 2. The highest BCUT2D eigenvalue weighted by molar-refractivity contribution is 5.88. The number of carboxylic acids is 2. The molecule has 3 N–H and O–H groups in total. The lowest BCUT2D eigenvalue weighted by Gasteiger charge is -2.32. The molecule has 1 atom stereocenters. The Kier molecular flexibility index (Phi) is 7.75. The number of hydrogen-bond acceptors (Lipinski definition) is 6. The summed E-state index contributed by atoms with van der Waals surface area (Å²) in [6, 6.07) is 14.9. The molecule has 2 aromatic carbocycles. The molecule has 10 heteroatoms. The molecule has 0 saturated carbocycles. The minimum atomic E-state index is -1.15. The van der Waals surface area contributed by atoms with Gasteiger partial charge in [-0.1, -0.05) is 48.5 Å². The third kappa shape index (κ3) is 5.78. The number of hydrogen-bond donors (Lipinski definition) is 3. The van der Waals surface area contributed by atoms with Crippen molar-refractivity contribution in [1.82, 2.24) is 10.2 Å². The fourth-order valence-corrected chi connectivity index (χ4v) is 4.34. The molecule has 1 fully saturated rings. The number of alkyl carbamates (subject to hydrolysis) is 1. The highest BCUT2D eigenvalue weighted by Crippen LogP contribution is 2.44. The Bertz CT molecular complexity index is 1080. The first-order chi connectivity index (χ1) is 16.5. The van der Waals surface area contributed by atoms with Crippen molar-refractivity contribution in [2.24, 2.45) is 0 Å². The Hall–Kier alpha value is -3.92. The van der Waals surface area contributed by atoms with Gasteiger partial charge in [0.25, 0.3) is 5.97 Å². The summed E-state index contributed by atoms with van der Waals surface area (Å²) in [4.78, 5) is 46.4. The van der Waals surface area contributed by atoms with Gasteiger partial charge in [0.2, 0.25) is 5.91 Å². The van der Waals surface area contributed by atoms with E-state index in [0.717, 1.165) is 34.1 Å². The van der Waals surface area contributed by atoms with Gasteiger partial charge in [-0.25, -0.2) is 9.59 Å². The number of carbonyl (C=O) groups excluding carboxylic acids is 2. The second kappa shape index (κ2) is 10.6. The number of fused-ring (bicyclic) bond motifs is 3. The summed E-state index contributed by atoms with van der Waals surface area (Å²) in [5.41, 5.74) is 3.36. The molecule has 4 rings (SSSR count). The maximum absolute atomic E-state index is 12.6. The first-order valence-corrected chi connectivity index (χ1v) is 11.0. The molecule has 10 nitrogen and oxygen atoms in total. The zero-order chi connectivity index (χ0) is 25.8. The quantitative estimate of drug-likeness (QED) is 0.588. The van der Waals surface area contributed by atoms with Crippen LogP contribution in [-0.2, 0) is 23.9 Å². The second-order valence-corrected chi connectivity index (χ2v) is 8.57. The number of aliphatic carboxylic acids is 2. The molecule has 1 saturated heterocycles. The van der Waals surface area contributed by atoms with Crippen LogP contribution in [0.5, 0.6) is 0 Å². The van der Waals surface area contributed by atoms with Crippen LogP contribution in [-0.4, -0.2) is 70.6 Å². The lowest BCUT2D eigenvalue weighted by molar-refractivity contribution is -0.154. The van der Waals surface area contributed by atoms with Crippen molar-refractivity contribution < 1.29 is 38.9 Å². The van der Waals surface area contributed by atoms with Crippen LogP contribution in [0, 0.1) is 0 Å². The van der Waals surface area contributed by atoms with E-state index in [-0.39, 0.29) is 25.7 Å². The van der Waals surface area contributed by atoms with E-state index in [0.29, 0.717) is 0 Å². The Morgan fingerprint density at radius 2 is 1.54 bits per heavy atom. The molecule has 0 aromatic heterocycles. The lowest BCUT2D eigenvalue weighted by atomic mass is 9.98. The number of amides is 2. The molecule has 0 bridgehead atoms. The monoisotopic (exact) mass is 484 g/mol. The lowest BCUT2D eigenvalue weighted by Crippen LogP contribution is -2.53. The molecule has 0 spiro atoms. The van der Waals surface area contributed by atoms with Crippen LogP contribution in [0.4, 0.5) is 4.79 Å². The zero-order valence-electron chi connectivity index (χ0n) is 19.7. The van der Waals surface area contributed by atoms with Gasteiger partial charge in [-0.05, 0) is 36.1 Å². The summed E-state index contributed by atoms with van der Waals surface area (Å²) in [6.45, 7) is 3.96. The summed E-state index contributed by atoms with van der Waals surface area (Å²) in [5, 5.41) is 19.2. The molecule has 2 aliphatic rings. The summed E-state index contributed by atoms with van der Waals surface area (Å²) >= 11 is 0. The van der Waals surface area contributed by atoms with E-state index < -0.39 is 35.7 Å². The van der Waals surface area contributed by atoms with Gasteiger partial charge in [0.15, 0.2) is 6.04 Å². The van der Waals surface area contributed by atoms with Gasteiger partial charge < -0.3 is 25.0 Å². The number of rotatable bonds is 5. The van der Waals surface area contributed by atoms with Crippen LogP contribution in [0.15, 0.2) is 48.5 Å². The van der Waals surface area contributed by atoms with Gasteiger partial charge in [0.1, 0.15) is 18.9 Å². The number of ether oxygens (including phenoxy) is 2. The number of nitrogens with one attached hydrogen (secondary N) is 1. The average molecular weight is 485 g/mol. The van der Waals surface area contributed by atoms with Gasteiger partial charge in [-0.3, -0.25) is 14.5 Å². The van der Waals surface area contributed by atoms with Crippen LogP contribution >= 0.6 is 0 Å². The molecule has 0 radical (unpaired) electrons. The fraction of sp³-hybridized carbons (Fsp3) is 0.360. The van der Waals surface area contributed by atoms with Crippen molar-refractivity contribution in [2.75, 3.05) is 19.8 Å². The van der Waals surface area contributed by atoms with Crippen molar-refractivity contribution in [3.05, 3.63) is 59.7 Å². The summed E-state index contributed by atoms with van der Waals surface area (Å²) < 4.78 is 10.8. The van der Waals surface area contributed by atoms with E-state index in [2.05, 4.69) is 5.32 Å². The van der Waals surface area contributed by atoms with E-state index in [1.165, 1.54) is 0 Å². The Labute approximate surface area is 202 Å². The Morgan fingerprint density at radius 3 is 2.06 bits per heavy atom. The molecule has 186 valence electrons. The number of carbonyl (C=O) groups is 4. The van der Waals surface area contributed by atoms with Gasteiger partial charge in [-0.2, -0.15) is 0 Å². The largest absolute Gasteiger partial charge is 0.481 e. The molecular weight excluding hydrogens is 456 g/mol. The molecule has 0 unspecified atom stereocenters. The maximum atomic E-state index is 12.6. The number of nitrogens with zero attached hydrogens (tertiary/aromatic N) is 1. The van der Waals surface area contributed by atoms with Crippen LogP contribution in [0.1, 0.15) is 37.8 Å². The summed E-state index contributed by atoms with van der Waals surface area (Å²) in [7, 11) is 0. The van der Waals surface area contributed by atoms with Crippen LogP contribution in [0.3, 0.4) is 0 Å². The van der Waals surface area contributed by atoms with Crippen LogP contribution in [0.25, 0.3) is 11.1 Å². The van der Waals surface area contributed by atoms with E-state index in [1.807, 2.05) is 48.5 Å². The SMILES string of the molecule is CC(=O)O.CC1(C)OC[C@@H](C(=O)O)N1C(=O)CNC(=O)OCC1c2ccccc2-c2ccccc21. The highest BCUT2D eigenvalue weighted by atomic mass is 16.5. The zero-order valence-corrected chi connectivity index (χ0v) is 19.7. The first kappa shape index (κ1) is 25.7. The van der Waals surface area contributed by atoms with Crippen molar-refractivity contribution in [1.29, 1.82) is 0 Å². The van der Waals surface area contributed by atoms with Crippen LogP contribution in [0.2, 0.25) is 0 Å². The van der Waals surface area contributed by atoms with Gasteiger partial charge in [-0.15, -0.1) is 0 Å². The predicted molar refractivity (Wildman–Crippen MR) is 125 cm³/mol. The minimum absolute atomic E-state index is 0.0869. The molecule has 1 aliphatic carbocycles. The Balaban J connectivity index is 0.000000795. The Morgan fingerprint density at radius 1 is 1.03 bits per heavy atom. The maximum Gasteiger partial charge on any atom is 0.407 e. The predicted octanol–water partition coefficient (Wildman–Crippen LogP) is 2.66. The highest BCUT2D eigenvalue weighted by Gasteiger charge is 2.47. The summed E-state index contributed by atoms with van der Waals surface area (Å²) in [5.74, 6) is -2.63. The van der Waals surface area contributed by atoms with E-state index in [9.17, 15) is 19.5 Å².